The van der Waals surface area contributed by atoms with Crippen LogP contribution in [0.1, 0.15) is 12.8 Å². The van der Waals surface area contributed by atoms with Crippen molar-refractivity contribution in [3.63, 3.8) is 0 Å². The summed E-state index contributed by atoms with van der Waals surface area (Å²) in [5, 5.41) is 3.42. The van der Waals surface area contributed by atoms with Gasteiger partial charge in [0.15, 0.2) is 12.2 Å². The Labute approximate surface area is 140 Å². The van der Waals surface area contributed by atoms with Crippen molar-refractivity contribution < 1.29 is 13.9 Å². The third kappa shape index (κ3) is 2.61. The number of rotatable bonds is 4. The number of methoxy groups -OCH3 is 1. The van der Waals surface area contributed by atoms with E-state index in [1.807, 2.05) is 29.3 Å². The van der Waals surface area contributed by atoms with E-state index in [1.54, 1.807) is 13.3 Å². The van der Waals surface area contributed by atoms with Gasteiger partial charge in [0.05, 0.1) is 24.9 Å². The monoisotopic (exact) mass is 328 g/mol. The Bertz CT molecular complexity index is 738. The van der Waals surface area contributed by atoms with Crippen LogP contribution in [0.3, 0.4) is 0 Å². The van der Waals surface area contributed by atoms with Crippen molar-refractivity contribution in [2.45, 2.75) is 25.2 Å². The van der Waals surface area contributed by atoms with Crippen LogP contribution in [0.4, 0.5) is 5.69 Å². The van der Waals surface area contributed by atoms with E-state index in [1.165, 1.54) is 6.39 Å². The molecule has 2 aliphatic heterocycles. The Morgan fingerprint density at radius 2 is 2.33 bits per heavy atom. The van der Waals surface area contributed by atoms with Crippen LogP contribution < -0.4 is 20.7 Å². The number of nitrogens with zero attached hydrogens (tertiary/aromatic N) is 2. The molecule has 3 heterocycles. The van der Waals surface area contributed by atoms with Gasteiger partial charge in [-0.3, -0.25) is 10.6 Å². The average Bonchev–Trinajstić information content (AvgIpc) is 3.35. The molecule has 24 heavy (non-hydrogen) atoms. The predicted octanol–water partition coefficient (Wildman–Crippen LogP) is 2.02. The van der Waals surface area contributed by atoms with Crippen molar-refractivity contribution in [2.24, 2.45) is 5.73 Å². The number of aromatic nitrogens is 1. The second-order valence-corrected chi connectivity index (χ2v) is 5.85. The number of ether oxygens (including phenoxy) is 2. The van der Waals surface area contributed by atoms with Gasteiger partial charge in [0.1, 0.15) is 11.5 Å². The third-order valence-corrected chi connectivity index (χ3v) is 4.38. The highest BCUT2D eigenvalue weighted by Gasteiger charge is 2.30. The summed E-state index contributed by atoms with van der Waals surface area (Å²) in [7, 11) is 1.63. The molecule has 4 rings (SSSR count). The summed E-state index contributed by atoms with van der Waals surface area (Å²) in [5.41, 5.74) is 7.89. The first-order valence-corrected chi connectivity index (χ1v) is 7.99. The van der Waals surface area contributed by atoms with E-state index >= 15 is 0 Å². The quantitative estimate of drug-likeness (QED) is 0.888. The molecule has 7 nitrogen and oxygen atoms in total. The van der Waals surface area contributed by atoms with Crippen molar-refractivity contribution in [1.29, 1.82) is 0 Å². The minimum absolute atomic E-state index is 0.247. The van der Waals surface area contributed by atoms with Crippen LogP contribution in [0.5, 0.6) is 5.75 Å². The van der Waals surface area contributed by atoms with E-state index in [-0.39, 0.29) is 6.04 Å². The fourth-order valence-corrected chi connectivity index (χ4v) is 3.15. The van der Waals surface area contributed by atoms with Gasteiger partial charge in [-0.1, -0.05) is 0 Å². The smallest absolute Gasteiger partial charge is 0.231 e. The minimum Gasteiger partial charge on any atom is -0.496 e. The van der Waals surface area contributed by atoms with Gasteiger partial charge in [0.2, 0.25) is 6.35 Å². The van der Waals surface area contributed by atoms with E-state index < -0.39 is 6.35 Å². The summed E-state index contributed by atoms with van der Waals surface area (Å²) in [5.74, 6) is 2.24. The number of nitrogens with two attached hydrogens (primary N) is 1. The van der Waals surface area contributed by atoms with Crippen LogP contribution in [-0.2, 0) is 4.74 Å². The molecule has 1 aromatic heterocycles. The number of hydrogen-bond acceptors (Lipinski definition) is 7. The Morgan fingerprint density at radius 1 is 1.42 bits per heavy atom. The number of hydrogen-bond donors (Lipinski definition) is 2. The zero-order chi connectivity index (χ0) is 16.5. The van der Waals surface area contributed by atoms with Crippen LogP contribution in [0.2, 0.25) is 0 Å². The minimum atomic E-state index is -0.539. The van der Waals surface area contributed by atoms with Crippen LogP contribution in [-0.4, -0.2) is 31.0 Å². The van der Waals surface area contributed by atoms with Gasteiger partial charge in [0.25, 0.3) is 0 Å². The zero-order valence-corrected chi connectivity index (χ0v) is 13.4. The predicted molar refractivity (Wildman–Crippen MR) is 89.1 cm³/mol. The summed E-state index contributed by atoms with van der Waals surface area (Å²) in [6.45, 7) is 1.01. The molecule has 2 aliphatic rings. The summed E-state index contributed by atoms with van der Waals surface area (Å²) in [4.78, 5) is 5.86. The summed E-state index contributed by atoms with van der Waals surface area (Å²) in [6, 6.07) is 6.06. The van der Waals surface area contributed by atoms with E-state index in [4.69, 9.17) is 19.6 Å². The molecule has 0 saturated carbocycles. The Balaban J connectivity index is 1.64. The van der Waals surface area contributed by atoms with Crippen molar-refractivity contribution in [1.82, 2.24) is 10.3 Å². The Hall–Kier alpha value is -2.51. The lowest BCUT2D eigenvalue weighted by molar-refractivity contribution is 0.135. The normalized spacial score (nSPS) is 23.2. The van der Waals surface area contributed by atoms with Gasteiger partial charge < -0.3 is 19.2 Å². The molecule has 2 atom stereocenters. The molecule has 0 amide bonds. The molecule has 1 fully saturated rings. The van der Waals surface area contributed by atoms with Gasteiger partial charge in [-0.2, -0.15) is 0 Å². The average molecular weight is 328 g/mol. The van der Waals surface area contributed by atoms with Crippen LogP contribution >= 0.6 is 0 Å². The van der Waals surface area contributed by atoms with Crippen LogP contribution in [0, 0.1) is 0 Å². The molecule has 0 radical (unpaired) electrons. The van der Waals surface area contributed by atoms with Crippen LogP contribution in [0.25, 0.3) is 11.3 Å². The maximum absolute atomic E-state index is 6.15. The molecule has 0 aliphatic carbocycles. The Morgan fingerprint density at radius 3 is 3.04 bits per heavy atom. The fraction of sp³-hybridized carbons (Fsp3) is 0.353. The lowest BCUT2D eigenvalue weighted by atomic mass is 10.1. The van der Waals surface area contributed by atoms with Crippen molar-refractivity contribution in [3.05, 3.63) is 42.7 Å². The van der Waals surface area contributed by atoms with E-state index in [2.05, 4.69) is 10.3 Å². The second kappa shape index (κ2) is 6.18. The highest BCUT2D eigenvalue weighted by molar-refractivity contribution is 5.70. The molecule has 7 heteroatoms. The van der Waals surface area contributed by atoms with Gasteiger partial charge >= 0.3 is 0 Å². The first-order chi connectivity index (χ1) is 11.8. The molecule has 3 N–H and O–H groups in total. The second-order valence-electron chi connectivity index (χ2n) is 5.85. The third-order valence-electron chi connectivity index (χ3n) is 4.38. The first kappa shape index (κ1) is 15.0. The van der Waals surface area contributed by atoms with Gasteiger partial charge in [-0.05, 0) is 31.5 Å². The largest absolute Gasteiger partial charge is 0.496 e. The standard InChI is InChI=1S/C17H20N4O3/c1-22-14-7-11(4-5-12(14)15-8-19-10-23-15)21-9-16(24-17(21)18)13-3-2-6-20-13/h4-5,7-10,13,17,20H,2-3,6,18H2,1H3. The van der Waals surface area contributed by atoms with Gasteiger partial charge in [0, 0.05) is 18.0 Å². The molecule has 0 spiro atoms. The number of nitrogens with one attached hydrogen (secondary N) is 1. The SMILES string of the molecule is COc1cc(N2C=C(C3CCCN3)OC2N)ccc1-c1cnco1. The molecule has 1 saturated heterocycles. The molecule has 1 aromatic carbocycles. The first-order valence-electron chi connectivity index (χ1n) is 7.99. The van der Waals surface area contributed by atoms with Crippen molar-refractivity contribution >= 4 is 5.69 Å². The van der Waals surface area contributed by atoms with E-state index in [9.17, 15) is 0 Å². The topological polar surface area (TPSA) is 85.8 Å². The molecular formula is C17H20N4O3. The maximum Gasteiger partial charge on any atom is 0.231 e. The Kier molecular flexibility index (Phi) is 3.87. The highest BCUT2D eigenvalue weighted by Crippen LogP contribution is 2.36. The van der Waals surface area contributed by atoms with Crippen LogP contribution in [0.15, 0.2) is 47.2 Å². The molecule has 0 bridgehead atoms. The number of anilines is 1. The number of oxazole rings is 1. The van der Waals surface area contributed by atoms with E-state index in [0.717, 1.165) is 36.4 Å². The van der Waals surface area contributed by atoms with Gasteiger partial charge in [-0.25, -0.2) is 4.98 Å². The molecular weight excluding hydrogens is 308 g/mol. The zero-order valence-electron chi connectivity index (χ0n) is 13.4. The fourth-order valence-electron chi connectivity index (χ4n) is 3.15. The summed E-state index contributed by atoms with van der Waals surface area (Å²) < 4.78 is 16.7. The van der Waals surface area contributed by atoms with Gasteiger partial charge in [-0.15, -0.1) is 0 Å². The van der Waals surface area contributed by atoms with Crippen molar-refractivity contribution in [2.75, 3.05) is 18.6 Å². The summed E-state index contributed by atoms with van der Waals surface area (Å²) >= 11 is 0. The number of benzene rings is 1. The summed E-state index contributed by atoms with van der Waals surface area (Å²) in [6.07, 6.45) is 6.71. The van der Waals surface area contributed by atoms with Crippen molar-refractivity contribution in [3.8, 4) is 17.1 Å². The van der Waals surface area contributed by atoms with E-state index in [0.29, 0.717) is 11.5 Å². The maximum atomic E-state index is 6.15. The molecule has 2 unspecified atom stereocenters. The highest BCUT2D eigenvalue weighted by atomic mass is 16.5. The lowest BCUT2D eigenvalue weighted by Crippen LogP contribution is -2.36. The molecule has 126 valence electrons. The lowest BCUT2D eigenvalue weighted by Gasteiger charge is -2.21. The molecule has 2 aromatic rings.